The van der Waals surface area contributed by atoms with Crippen LogP contribution in [0.15, 0.2) is 72.0 Å². The Morgan fingerprint density at radius 2 is 1.87 bits per heavy atom. The highest BCUT2D eigenvalue weighted by molar-refractivity contribution is 8.14. The van der Waals surface area contributed by atoms with Crippen LogP contribution in [0.5, 0.6) is 11.8 Å². The van der Waals surface area contributed by atoms with Crippen LogP contribution in [-0.2, 0) is 11.4 Å². The molecule has 4 aromatic rings. The van der Waals surface area contributed by atoms with E-state index in [9.17, 15) is 27.2 Å². The number of alkyl halides is 3. The molecule has 1 N–H and O–H groups in total. The molecule has 0 spiro atoms. The van der Waals surface area contributed by atoms with Crippen LogP contribution in [0.3, 0.4) is 0 Å². The van der Waals surface area contributed by atoms with Gasteiger partial charge in [0.1, 0.15) is 24.5 Å². The van der Waals surface area contributed by atoms with Gasteiger partial charge in [0, 0.05) is 0 Å². The standard InChI is InChI=1S/C31H30F4N6O4S/c1-5-46-30(40(18-42)27-14-20(4)6-12-24(27)19(2)3)38-28(43)37-26-13-7-21(15-25(26)32)16-44-29-36-17-41(39-29)22-8-10-23(11-9-22)45-31(33,34)35/h6-15,17-19H,5,16H2,1-4H3,(H,37,43). The summed E-state index contributed by atoms with van der Waals surface area (Å²) in [6.07, 6.45) is -2.90. The molecule has 0 saturated carbocycles. The summed E-state index contributed by atoms with van der Waals surface area (Å²) >= 11 is 1.20. The van der Waals surface area contributed by atoms with Crippen LogP contribution in [0.25, 0.3) is 5.69 Å². The molecule has 0 radical (unpaired) electrons. The Kier molecular flexibility index (Phi) is 11.0. The number of urea groups is 1. The first-order valence-electron chi connectivity index (χ1n) is 13.9. The first-order chi connectivity index (χ1) is 21.9. The molecule has 10 nitrogen and oxygen atoms in total. The Labute approximate surface area is 266 Å². The summed E-state index contributed by atoms with van der Waals surface area (Å²) in [5, 5.41) is 6.67. The lowest BCUT2D eigenvalue weighted by molar-refractivity contribution is -0.274. The second-order valence-corrected chi connectivity index (χ2v) is 11.3. The second-order valence-electron chi connectivity index (χ2n) is 10.1. The molecule has 242 valence electrons. The Morgan fingerprint density at radius 3 is 2.50 bits per heavy atom. The van der Waals surface area contributed by atoms with Gasteiger partial charge in [-0.05, 0) is 77.7 Å². The molecule has 3 amide bonds. The number of nitrogens with zero attached hydrogens (tertiary/aromatic N) is 5. The van der Waals surface area contributed by atoms with E-state index < -0.39 is 18.2 Å². The summed E-state index contributed by atoms with van der Waals surface area (Å²) in [6.45, 7) is 7.63. The zero-order valence-corrected chi connectivity index (χ0v) is 26.0. The second kappa shape index (κ2) is 14.9. The normalized spacial score (nSPS) is 11.8. The maximum Gasteiger partial charge on any atom is 0.573 e. The Balaban J connectivity index is 1.41. The number of amides is 3. The van der Waals surface area contributed by atoms with Gasteiger partial charge in [-0.15, -0.1) is 18.3 Å². The predicted molar refractivity (Wildman–Crippen MR) is 167 cm³/mol. The number of ether oxygens (including phenoxy) is 2. The number of carbonyl (C=O) groups excluding carboxylic acids is 2. The molecule has 0 unspecified atom stereocenters. The van der Waals surface area contributed by atoms with Gasteiger partial charge in [0.15, 0.2) is 5.17 Å². The van der Waals surface area contributed by atoms with E-state index in [4.69, 9.17) is 4.74 Å². The summed E-state index contributed by atoms with van der Waals surface area (Å²) in [4.78, 5) is 34.5. The molecular weight excluding hydrogens is 628 g/mol. The minimum Gasteiger partial charge on any atom is -0.458 e. The third-order valence-corrected chi connectivity index (χ3v) is 7.13. The van der Waals surface area contributed by atoms with E-state index in [2.05, 4.69) is 25.1 Å². The number of halogens is 4. The van der Waals surface area contributed by atoms with Crippen LogP contribution < -0.4 is 19.7 Å². The van der Waals surface area contributed by atoms with Crippen LogP contribution in [0.2, 0.25) is 0 Å². The monoisotopic (exact) mass is 658 g/mol. The number of aliphatic imine (C=N–C) groups is 1. The lowest BCUT2D eigenvalue weighted by Crippen LogP contribution is -2.30. The predicted octanol–water partition coefficient (Wildman–Crippen LogP) is 7.62. The highest BCUT2D eigenvalue weighted by atomic mass is 32.2. The van der Waals surface area contributed by atoms with Crippen LogP contribution in [-0.4, -0.2) is 44.5 Å². The van der Waals surface area contributed by atoms with Gasteiger partial charge >= 0.3 is 18.4 Å². The van der Waals surface area contributed by atoms with Crippen LogP contribution in [0, 0.1) is 12.7 Å². The van der Waals surface area contributed by atoms with Gasteiger partial charge in [0.25, 0.3) is 0 Å². The van der Waals surface area contributed by atoms with Gasteiger partial charge in [-0.3, -0.25) is 9.69 Å². The van der Waals surface area contributed by atoms with Crippen molar-refractivity contribution < 1.29 is 36.6 Å². The summed E-state index contributed by atoms with van der Waals surface area (Å²) in [7, 11) is 0. The van der Waals surface area contributed by atoms with Crippen molar-refractivity contribution in [2.45, 2.75) is 46.6 Å². The van der Waals surface area contributed by atoms with Crippen molar-refractivity contribution in [2.75, 3.05) is 16.0 Å². The number of benzene rings is 3. The number of thioether (sulfide) groups is 1. The van der Waals surface area contributed by atoms with E-state index in [0.717, 1.165) is 29.3 Å². The van der Waals surface area contributed by atoms with Crippen LogP contribution >= 0.6 is 11.8 Å². The topological polar surface area (TPSA) is 111 Å². The number of aromatic nitrogens is 3. The van der Waals surface area contributed by atoms with Gasteiger partial charge in [-0.1, -0.05) is 50.7 Å². The molecule has 46 heavy (non-hydrogen) atoms. The van der Waals surface area contributed by atoms with Gasteiger partial charge in [0.05, 0.1) is 17.1 Å². The maximum absolute atomic E-state index is 15.0. The lowest BCUT2D eigenvalue weighted by atomic mass is 9.99. The van der Waals surface area contributed by atoms with Gasteiger partial charge in [-0.25, -0.2) is 13.9 Å². The zero-order valence-electron chi connectivity index (χ0n) is 25.2. The van der Waals surface area contributed by atoms with Crippen molar-refractivity contribution in [3.05, 3.63) is 89.5 Å². The SMILES string of the molecule is CCSC(=NC(=O)Nc1ccc(COc2ncn(-c3ccc(OC(F)(F)F)cc3)n2)cc1F)N(C=O)c1cc(C)ccc1C(C)C. The van der Waals surface area contributed by atoms with E-state index in [1.807, 2.05) is 45.9 Å². The fourth-order valence-electron chi connectivity index (χ4n) is 4.21. The molecule has 0 atom stereocenters. The lowest BCUT2D eigenvalue weighted by Gasteiger charge is -2.23. The Hall–Kier alpha value is -4.92. The minimum atomic E-state index is -4.80. The average Bonchev–Trinajstić information content (AvgIpc) is 3.46. The number of anilines is 2. The molecule has 15 heteroatoms. The summed E-state index contributed by atoms with van der Waals surface area (Å²) in [6, 6.07) is 13.8. The quantitative estimate of drug-likeness (QED) is 0.0808. The van der Waals surface area contributed by atoms with Gasteiger partial charge in [-0.2, -0.15) is 9.98 Å². The molecular formula is C31H30F4N6O4S. The van der Waals surface area contributed by atoms with Crippen LogP contribution in [0.1, 0.15) is 43.4 Å². The Morgan fingerprint density at radius 1 is 1.13 bits per heavy atom. The number of hydrogen-bond acceptors (Lipinski definition) is 7. The van der Waals surface area contributed by atoms with Crippen molar-refractivity contribution >= 4 is 40.7 Å². The molecule has 0 saturated heterocycles. The largest absolute Gasteiger partial charge is 0.573 e. The molecule has 0 bridgehead atoms. The van der Waals surface area contributed by atoms with Crippen LogP contribution in [0.4, 0.5) is 33.7 Å². The van der Waals surface area contributed by atoms with Crippen molar-refractivity contribution in [1.29, 1.82) is 0 Å². The first kappa shape index (κ1) is 34.0. The van der Waals surface area contributed by atoms with E-state index in [-0.39, 0.29) is 35.1 Å². The van der Waals surface area contributed by atoms with Crippen molar-refractivity contribution in [3.63, 3.8) is 0 Å². The summed E-state index contributed by atoms with van der Waals surface area (Å²) in [5.74, 6) is -0.502. The highest BCUT2D eigenvalue weighted by Crippen LogP contribution is 2.30. The molecule has 0 aliphatic heterocycles. The van der Waals surface area contributed by atoms with Crippen molar-refractivity contribution in [1.82, 2.24) is 14.8 Å². The minimum absolute atomic E-state index is 0.0577. The van der Waals surface area contributed by atoms with Gasteiger partial charge < -0.3 is 14.8 Å². The number of nitrogens with one attached hydrogen (secondary N) is 1. The molecule has 0 aliphatic rings. The van der Waals surface area contributed by atoms with E-state index in [0.29, 0.717) is 29.1 Å². The fraction of sp³-hybridized carbons (Fsp3) is 0.258. The van der Waals surface area contributed by atoms with E-state index in [1.54, 1.807) is 0 Å². The van der Waals surface area contributed by atoms with Gasteiger partial charge in [0.2, 0.25) is 6.41 Å². The number of aryl methyl sites for hydroxylation is 1. The molecule has 4 rings (SSSR count). The Bertz CT molecular complexity index is 1710. The number of carbonyl (C=O) groups is 2. The summed E-state index contributed by atoms with van der Waals surface area (Å²) in [5.41, 5.74) is 3.12. The third kappa shape index (κ3) is 9.06. The maximum atomic E-state index is 15.0. The van der Waals surface area contributed by atoms with E-state index >= 15 is 0 Å². The highest BCUT2D eigenvalue weighted by Gasteiger charge is 2.31. The number of amidine groups is 1. The number of hydrogen-bond donors (Lipinski definition) is 1. The number of rotatable bonds is 10. The first-order valence-corrected chi connectivity index (χ1v) is 14.9. The average molecular weight is 659 g/mol. The molecule has 1 aromatic heterocycles. The fourth-order valence-corrected chi connectivity index (χ4v) is 4.89. The van der Waals surface area contributed by atoms with Crippen molar-refractivity contribution in [2.24, 2.45) is 4.99 Å². The van der Waals surface area contributed by atoms with E-state index in [1.165, 1.54) is 51.9 Å². The molecule has 1 heterocycles. The third-order valence-electron chi connectivity index (χ3n) is 6.30. The smallest absolute Gasteiger partial charge is 0.458 e. The zero-order chi connectivity index (χ0) is 33.4. The summed E-state index contributed by atoms with van der Waals surface area (Å²) < 4.78 is 62.7. The molecule has 0 fully saturated rings. The molecule has 3 aromatic carbocycles. The van der Waals surface area contributed by atoms with Crippen molar-refractivity contribution in [3.8, 4) is 17.4 Å². The molecule has 0 aliphatic carbocycles.